The van der Waals surface area contributed by atoms with E-state index in [2.05, 4.69) is 42.6 Å². The molecular formula is C15H23NO. The lowest BCUT2D eigenvalue weighted by molar-refractivity contribution is 0.111. The Kier molecular flexibility index (Phi) is 4.57. The third kappa shape index (κ3) is 3.83. The summed E-state index contributed by atoms with van der Waals surface area (Å²) in [5.41, 5.74) is 1.39. The summed E-state index contributed by atoms with van der Waals surface area (Å²) in [6.07, 6.45) is 4.17. The van der Waals surface area contributed by atoms with Crippen LogP contribution in [0.4, 0.5) is 0 Å². The molecule has 0 spiro atoms. The van der Waals surface area contributed by atoms with Gasteiger partial charge in [-0.25, -0.2) is 0 Å². The van der Waals surface area contributed by atoms with Crippen molar-refractivity contribution in [3.63, 3.8) is 0 Å². The predicted molar refractivity (Wildman–Crippen MR) is 71.1 cm³/mol. The van der Waals surface area contributed by atoms with Crippen LogP contribution in [0.15, 0.2) is 30.3 Å². The number of nitrogens with one attached hydrogen (secondary N) is 1. The molecule has 0 aromatic heterocycles. The molecule has 1 aromatic rings. The Morgan fingerprint density at radius 2 is 2.06 bits per heavy atom. The van der Waals surface area contributed by atoms with Gasteiger partial charge in [0.25, 0.3) is 0 Å². The molecule has 2 rings (SSSR count). The molecule has 2 N–H and O–H groups in total. The molecule has 3 unspecified atom stereocenters. The summed E-state index contributed by atoms with van der Waals surface area (Å²) in [6, 6.07) is 11.1. The first-order chi connectivity index (χ1) is 8.25. The van der Waals surface area contributed by atoms with Crippen molar-refractivity contribution in [1.82, 2.24) is 5.32 Å². The molecule has 17 heavy (non-hydrogen) atoms. The van der Waals surface area contributed by atoms with E-state index in [0.717, 1.165) is 25.8 Å². The lowest BCUT2D eigenvalue weighted by Crippen LogP contribution is -2.37. The van der Waals surface area contributed by atoms with E-state index in [-0.39, 0.29) is 6.10 Å². The summed E-state index contributed by atoms with van der Waals surface area (Å²) in [5, 5.41) is 13.2. The molecule has 2 nitrogen and oxygen atoms in total. The molecule has 94 valence electrons. The normalized spacial score (nSPS) is 26.7. The molecule has 1 aliphatic rings. The van der Waals surface area contributed by atoms with Gasteiger partial charge in [-0.3, -0.25) is 0 Å². The first-order valence-corrected chi connectivity index (χ1v) is 6.72. The van der Waals surface area contributed by atoms with E-state index in [4.69, 9.17) is 0 Å². The number of aliphatic hydroxyl groups is 1. The Bertz CT molecular complexity index is 325. The topological polar surface area (TPSA) is 32.3 Å². The van der Waals surface area contributed by atoms with Crippen LogP contribution in [0.3, 0.4) is 0 Å². The molecule has 1 aromatic carbocycles. The molecule has 0 amide bonds. The van der Waals surface area contributed by atoms with Crippen LogP contribution in [0.2, 0.25) is 0 Å². The second kappa shape index (κ2) is 6.18. The summed E-state index contributed by atoms with van der Waals surface area (Å²) >= 11 is 0. The predicted octanol–water partition coefficient (Wildman–Crippen LogP) is 2.68. The Balaban J connectivity index is 1.78. The zero-order chi connectivity index (χ0) is 12.1. The summed E-state index contributed by atoms with van der Waals surface area (Å²) in [7, 11) is 0. The first kappa shape index (κ1) is 12.6. The van der Waals surface area contributed by atoms with Crippen LogP contribution in [-0.4, -0.2) is 23.8 Å². The van der Waals surface area contributed by atoms with Crippen molar-refractivity contribution in [2.75, 3.05) is 6.54 Å². The Morgan fingerprint density at radius 1 is 1.29 bits per heavy atom. The molecule has 1 fully saturated rings. The number of rotatable bonds is 4. The van der Waals surface area contributed by atoms with E-state index in [1.165, 1.54) is 12.0 Å². The van der Waals surface area contributed by atoms with Gasteiger partial charge in [-0.15, -0.1) is 0 Å². The highest BCUT2D eigenvalue weighted by atomic mass is 16.3. The molecule has 0 bridgehead atoms. The molecule has 1 saturated carbocycles. The lowest BCUT2D eigenvalue weighted by Gasteiger charge is -2.28. The molecule has 0 radical (unpaired) electrons. The van der Waals surface area contributed by atoms with Crippen molar-refractivity contribution in [2.24, 2.45) is 0 Å². The number of hydrogen-bond acceptors (Lipinski definition) is 2. The fourth-order valence-corrected chi connectivity index (χ4v) is 2.59. The highest BCUT2D eigenvalue weighted by Gasteiger charge is 2.20. The van der Waals surface area contributed by atoms with Crippen LogP contribution in [0.5, 0.6) is 0 Å². The van der Waals surface area contributed by atoms with Crippen LogP contribution < -0.4 is 5.32 Å². The number of aliphatic hydroxyl groups excluding tert-OH is 1. The Hall–Kier alpha value is -0.860. The molecule has 0 heterocycles. The third-order valence-corrected chi connectivity index (χ3v) is 3.73. The number of hydrogen-bond donors (Lipinski definition) is 2. The van der Waals surface area contributed by atoms with Crippen molar-refractivity contribution in [1.29, 1.82) is 0 Å². The quantitative estimate of drug-likeness (QED) is 0.838. The maximum absolute atomic E-state index is 9.62. The van der Waals surface area contributed by atoms with Crippen LogP contribution in [0, 0.1) is 0 Å². The third-order valence-electron chi connectivity index (χ3n) is 3.73. The van der Waals surface area contributed by atoms with E-state index >= 15 is 0 Å². The fourth-order valence-electron chi connectivity index (χ4n) is 2.59. The van der Waals surface area contributed by atoms with E-state index in [1.54, 1.807) is 0 Å². The summed E-state index contributed by atoms with van der Waals surface area (Å²) in [4.78, 5) is 0. The molecule has 0 aliphatic heterocycles. The van der Waals surface area contributed by atoms with Crippen LogP contribution in [0.25, 0.3) is 0 Å². The van der Waals surface area contributed by atoms with E-state index < -0.39 is 0 Å². The molecule has 3 atom stereocenters. The van der Waals surface area contributed by atoms with Crippen molar-refractivity contribution in [3.05, 3.63) is 35.9 Å². The molecule has 0 saturated heterocycles. The molecule has 2 heteroatoms. The average molecular weight is 233 g/mol. The van der Waals surface area contributed by atoms with E-state index in [9.17, 15) is 5.11 Å². The van der Waals surface area contributed by atoms with E-state index in [0.29, 0.717) is 12.0 Å². The van der Waals surface area contributed by atoms with Crippen molar-refractivity contribution in [3.8, 4) is 0 Å². The SMILES string of the molecule is CC(CNC1CCCC(O)C1)c1ccccc1. The molecular weight excluding hydrogens is 210 g/mol. The van der Waals surface area contributed by atoms with Crippen LogP contribution >= 0.6 is 0 Å². The second-order valence-electron chi connectivity index (χ2n) is 5.24. The van der Waals surface area contributed by atoms with Crippen LogP contribution in [0.1, 0.15) is 44.1 Å². The van der Waals surface area contributed by atoms with Gasteiger partial charge in [-0.05, 0) is 37.2 Å². The highest BCUT2D eigenvalue weighted by molar-refractivity contribution is 5.19. The second-order valence-corrected chi connectivity index (χ2v) is 5.24. The first-order valence-electron chi connectivity index (χ1n) is 6.72. The minimum absolute atomic E-state index is 0.0896. The fraction of sp³-hybridized carbons (Fsp3) is 0.600. The summed E-state index contributed by atoms with van der Waals surface area (Å²) < 4.78 is 0. The van der Waals surface area contributed by atoms with Crippen molar-refractivity contribution in [2.45, 2.75) is 50.7 Å². The van der Waals surface area contributed by atoms with Crippen molar-refractivity contribution >= 4 is 0 Å². The van der Waals surface area contributed by atoms with Gasteiger partial charge in [-0.1, -0.05) is 37.3 Å². The summed E-state index contributed by atoms with van der Waals surface area (Å²) in [6.45, 7) is 3.25. The Labute approximate surface area is 104 Å². The van der Waals surface area contributed by atoms with Gasteiger partial charge >= 0.3 is 0 Å². The largest absolute Gasteiger partial charge is 0.393 e. The zero-order valence-corrected chi connectivity index (χ0v) is 10.6. The lowest BCUT2D eigenvalue weighted by atomic mass is 9.92. The average Bonchev–Trinajstić information content (AvgIpc) is 2.37. The van der Waals surface area contributed by atoms with E-state index in [1.807, 2.05) is 0 Å². The minimum Gasteiger partial charge on any atom is -0.393 e. The van der Waals surface area contributed by atoms with Gasteiger partial charge in [0.2, 0.25) is 0 Å². The smallest absolute Gasteiger partial charge is 0.0555 e. The minimum atomic E-state index is -0.0896. The maximum Gasteiger partial charge on any atom is 0.0555 e. The van der Waals surface area contributed by atoms with Gasteiger partial charge in [-0.2, -0.15) is 0 Å². The van der Waals surface area contributed by atoms with Gasteiger partial charge in [0.1, 0.15) is 0 Å². The summed E-state index contributed by atoms with van der Waals surface area (Å²) in [5.74, 6) is 0.537. The molecule has 1 aliphatic carbocycles. The zero-order valence-electron chi connectivity index (χ0n) is 10.6. The van der Waals surface area contributed by atoms with Gasteiger partial charge < -0.3 is 10.4 Å². The van der Waals surface area contributed by atoms with Gasteiger partial charge in [0.05, 0.1) is 6.10 Å². The van der Waals surface area contributed by atoms with Gasteiger partial charge in [0.15, 0.2) is 0 Å². The Morgan fingerprint density at radius 3 is 2.76 bits per heavy atom. The number of benzene rings is 1. The van der Waals surface area contributed by atoms with Gasteiger partial charge in [0, 0.05) is 12.6 Å². The standard InChI is InChI=1S/C15H23NO/c1-12(13-6-3-2-4-7-13)11-16-14-8-5-9-15(17)10-14/h2-4,6-7,12,14-17H,5,8-11H2,1H3. The van der Waals surface area contributed by atoms with Crippen LogP contribution in [-0.2, 0) is 0 Å². The highest BCUT2D eigenvalue weighted by Crippen LogP contribution is 2.19. The monoisotopic (exact) mass is 233 g/mol. The maximum atomic E-state index is 9.62. The van der Waals surface area contributed by atoms with Crippen molar-refractivity contribution < 1.29 is 5.11 Å².